The molecular formula is C20H18NO4-. The van der Waals surface area contributed by atoms with Crippen molar-refractivity contribution in [2.24, 2.45) is 0 Å². The number of carbonyl (C=O) groups excluding carboxylic acids is 1. The molecule has 0 aromatic heterocycles. The maximum Gasteiger partial charge on any atom is 0.153 e. The van der Waals surface area contributed by atoms with Gasteiger partial charge in [0.1, 0.15) is 0 Å². The van der Waals surface area contributed by atoms with Crippen molar-refractivity contribution in [3.05, 3.63) is 83.7 Å². The van der Waals surface area contributed by atoms with Gasteiger partial charge < -0.3 is 14.6 Å². The summed E-state index contributed by atoms with van der Waals surface area (Å²) in [4.78, 5) is 15.9. The topological polar surface area (TPSA) is 61.8 Å². The van der Waals surface area contributed by atoms with Gasteiger partial charge in [-0.3, -0.25) is 4.84 Å². The third-order valence-corrected chi connectivity index (χ3v) is 3.83. The molecule has 5 heteroatoms. The molecule has 5 nitrogen and oxygen atoms in total. The molecule has 0 spiro atoms. The Morgan fingerprint density at radius 2 is 1.60 bits per heavy atom. The molecule has 0 saturated carbocycles. The molecule has 0 amide bonds. The van der Waals surface area contributed by atoms with Gasteiger partial charge in [0.05, 0.1) is 19.5 Å². The maximum atomic E-state index is 10.6. The minimum atomic E-state index is -1.05. The second kappa shape index (κ2) is 7.68. The van der Waals surface area contributed by atoms with E-state index in [1.165, 1.54) is 0 Å². The molecule has 3 rings (SSSR count). The Hall–Kier alpha value is -3.05. The molecule has 0 fully saturated rings. The van der Waals surface area contributed by atoms with Crippen LogP contribution in [0.15, 0.2) is 67.0 Å². The Morgan fingerprint density at radius 1 is 1.00 bits per heavy atom. The number of carboxylic acid groups (broad SMARTS) is 1. The number of carbonyl (C=O) groups is 1. The molecule has 2 aromatic rings. The van der Waals surface area contributed by atoms with E-state index in [9.17, 15) is 9.90 Å². The lowest BCUT2D eigenvalue weighted by Gasteiger charge is -2.24. The smallest absolute Gasteiger partial charge is 0.153 e. The van der Waals surface area contributed by atoms with Crippen LogP contribution in [0.3, 0.4) is 0 Å². The highest BCUT2D eigenvalue weighted by Gasteiger charge is 2.16. The summed E-state index contributed by atoms with van der Waals surface area (Å²) in [6.45, 7) is 0. The molecule has 0 unspecified atom stereocenters. The molecule has 25 heavy (non-hydrogen) atoms. The quantitative estimate of drug-likeness (QED) is 0.811. The Labute approximate surface area is 146 Å². The third-order valence-electron chi connectivity index (χ3n) is 3.83. The van der Waals surface area contributed by atoms with Gasteiger partial charge in [-0.15, -0.1) is 0 Å². The van der Waals surface area contributed by atoms with Crippen LogP contribution in [0.2, 0.25) is 0 Å². The summed E-state index contributed by atoms with van der Waals surface area (Å²) in [5, 5.41) is 12.1. The standard InChI is InChI=1S/C20H19NO4/c1-24-21-13-18(16-5-3-2-4-6-16)25-19(14-21)17-10-7-15(8-11-17)9-12-20(22)23/h2-8,10-11,13-14H,9,12H2,1H3,(H,22,23)/p-1. The van der Waals surface area contributed by atoms with Gasteiger partial charge in [-0.05, 0) is 18.4 Å². The molecule has 0 N–H and O–H groups in total. The zero-order chi connectivity index (χ0) is 17.6. The van der Waals surface area contributed by atoms with Gasteiger partial charge in [-0.25, -0.2) is 5.06 Å². The first-order valence-electron chi connectivity index (χ1n) is 7.94. The van der Waals surface area contributed by atoms with Crippen molar-refractivity contribution in [3.8, 4) is 0 Å². The number of benzene rings is 2. The summed E-state index contributed by atoms with van der Waals surface area (Å²) in [6.07, 6.45) is 3.98. The summed E-state index contributed by atoms with van der Waals surface area (Å²) < 4.78 is 6.03. The number of aliphatic carboxylic acids is 1. The normalized spacial score (nSPS) is 13.7. The molecular weight excluding hydrogens is 318 g/mol. The van der Waals surface area contributed by atoms with Gasteiger partial charge >= 0.3 is 0 Å². The Bertz CT molecular complexity index is 794. The van der Waals surface area contributed by atoms with Crippen molar-refractivity contribution in [3.63, 3.8) is 0 Å². The molecule has 1 aliphatic heterocycles. The van der Waals surface area contributed by atoms with Gasteiger partial charge in [0.15, 0.2) is 11.5 Å². The van der Waals surface area contributed by atoms with Crippen molar-refractivity contribution in [1.29, 1.82) is 0 Å². The van der Waals surface area contributed by atoms with Gasteiger partial charge in [-0.2, -0.15) is 0 Å². The third kappa shape index (κ3) is 4.28. The van der Waals surface area contributed by atoms with Crippen LogP contribution < -0.4 is 5.11 Å². The van der Waals surface area contributed by atoms with E-state index in [2.05, 4.69) is 0 Å². The summed E-state index contributed by atoms with van der Waals surface area (Å²) in [5.41, 5.74) is 2.76. The summed E-state index contributed by atoms with van der Waals surface area (Å²) in [5.74, 6) is 0.284. The maximum absolute atomic E-state index is 10.6. The van der Waals surface area contributed by atoms with E-state index >= 15 is 0 Å². The summed E-state index contributed by atoms with van der Waals surface area (Å²) in [6, 6.07) is 17.3. The summed E-state index contributed by atoms with van der Waals surface area (Å²) >= 11 is 0. The monoisotopic (exact) mass is 336 g/mol. The van der Waals surface area contributed by atoms with E-state index in [1.807, 2.05) is 54.6 Å². The van der Waals surface area contributed by atoms with Crippen LogP contribution in [-0.2, 0) is 20.8 Å². The zero-order valence-electron chi connectivity index (χ0n) is 13.8. The molecule has 2 aromatic carbocycles. The van der Waals surface area contributed by atoms with Gasteiger partial charge in [0, 0.05) is 17.1 Å². The largest absolute Gasteiger partial charge is 0.550 e. The van der Waals surface area contributed by atoms with Crippen LogP contribution >= 0.6 is 0 Å². The number of hydroxylamine groups is 2. The van der Waals surface area contributed by atoms with E-state index in [1.54, 1.807) is 24.6 Å². The average molecular weight is 336 g/mol. The minimum Gasteiger partial charge on any atom is -0.550 e. The van der Waals surface area contributed by atoms with Crippen molar-refractivity contribution in [2.45, 2.75) is 12.8 Å². The van der Waals surface area contributed by atoms with Crippen LogP contribution in [0.5, 0.6) is 0 Å². The molecule has 128 valence electrons. The van der Waals surface area contributed by atoms with Crippen molar-refractivity contribution < 1.29 is 19.5 Å². The molecule has 0 saturated heterocycles. The fourth-order valence-electron chi connectivity index (χ4n) is 2.50. The van der Waals surface area contributed by atoms with E-state index in [0.717, 1.165) is 16.7 Å². The number of ether oxygens (including phenoxy) is 1. The SMILES string of the molecule is CON1C=C(c2ccccc2)OC(c2ccc(CCC(=O)[O-])cc2)=C1. The number of aryl methyl sites for hydroxylation is 1. The first-order valence-corrected chi connectivity index (χ1v) is 7.94. The number of hydrogen-bond donors (Lipinski definition) is 0. The fourth-order valence-corrected chi connectivity index (χ4v) is 2.50. The highest BCUT2D eigenvalue weighted by atomic mass is 16.7. The first kappa shape index (κ1) is 16.8. The molecule has 0 aliphatic carbocycles. The first-order chi connectivity index (χ1) is 12.2. The van der Waals surface area contributed by atoms with E-state index < -0.39 is 5.97 Å². The van der Waals surface area contributed by atoms with E-state index in [-0.39, 0.29) is 6.42 Å². The van der Waals surface area contributed by atoms with Crippen LogP contribution in [0.25, 0.3) is 11.5 Å². The lowest BCUT2D eigenvalue weighted by atomic mass is 10.1. The number of carboxylic acids is 1. The van der Waals surface area contributed by atoms with Gasteiger partial charge in [0.2, 0.25) is 0 Å². The molecule has 0 atom stereocenters. The zero-order valence-corrected chi connectivity index (χ0v) is 13.8. The van der Waals surface area contributed by atoms with Crippen LogP contribution in [0.1, 0.15) is 23.1 Å². The van der Waals surface area contributed by atoms with Crippen LogP contribution in [0, 0.1) is 0 Å². The molecule has 1 heterocycles. The Morgan fingerprint density at radius 3 is 2.16 bits per heavy atom. The second-order valence-electron chi connectivity index (χ2n) is 5.57. The van der Waals surface area contributed by atoms with Crippen LogP contribution in [-0.4, -0.2) is 18.1 Å². The predicted octanol–water partition coefficient (Wildman–Crippen LogP) is 2.56. The number of hydrogen-bond acceptors (Lipinski definition) is 5. The number of rotatable bonds is 6. The Kier molecular flexibility index (Phi) is 5.16. The van der Waals surface area contributed by atoms with Gasteiger partial charge in [-0.1, -0.05) is 54.6 Å². The highest BCUT2D eigenvalue weighted by Crippen LogP contribution is 2.30. The number of nitrogens with zero attached hydrogens (tertiary/aromatic N) is 1. The summed E-state index contributed by atoms with van der Waals surface area (Å²) in [7, 11) is 1.58. The molecule has 1 aliphatic rings. The van der Waals surface area contributed by atoms with Crippen molar-refractivity contribution in [2.75, 3.05) is 7.11 Å². The predicted molar refractivity (Wildman–Crippen MR) is 92.1 cm³/mol. The van der Waals surface area contributed by atoms with Crippen molar-refractivity contribution >= 4 is 17.5 Å². The molecule has 0 radical (unpaired) electrons. The average Bonchev–Trinajstić information content (AvgIpc) is 2.67. The van der Waals surface area contributed by atoms with Crippen molar-refractivity contribution in [1.82, 2.24) is 5.06 Å². The Balaban J connectivity index is 1.79. The minimum absolute atomic E-state index is 0.0108. The lowest BCUT2D eigenvalue weighted by molar-refractivity contribution is -0.305. The lowest BCUT2D eigenvalue weighted by Crippen LogP contribution is -2.22. The van der Waals surface area contributed by atoms with E-state index in [0.29, 0.717) is 17.9 Å². The molecule has 0 bridgehead atoms. The fraction of sp³-hybridized carbons (Fsp3) is 0.150. The highest BCUT2D eigenvalue weighted by molar-refractivity contribution is 5.71. The van der Waals surface area contributed by atoms with Crippen LogP contribution in [0.4, 0.5) is 0 Å². The second-order valence-corrected chi connectivity index (χ2v) is 5.57. The van der Waals surface area contributed by atoms with Gasteiger partial charge in [0.25, 0.3) is 0 Å². The van der Waals surface area contributed by atoms with E-state index in [4.69, 9.17) is 9.57 Å².